The molecule has 1 heterocycles. The number of hydrogen-bond acceptors (Lipinski definition) is 1. The van der Waals surface area contributed by atoms with Gasteiger partial charge in [-0.25, -0.2) is 0 Å². The van der Waals surface area contributed by atoms with Gasteiger partial charge in [-0.2, -0.15) is 11.3 Å². The van der Waals surface area contributed by atoms with Crippen molar-refractivity contribution in [3.05, 3.63) is 22.4 Å². The van der Waals surface area contributed by atoms with Gasteiger partial charge >= 0.3 is 0 Å². The van der Waals surface area contributed by atoms with Gasteiger partial charge in [-0.1, -0.05) is 29.3 Å². The van der Waals surface area contributed by atoms with Crippen LogP contribution in [0.2, 0.25) is 0 Å². The van der Waals surface area contributed by atoms with E-state index in [1.165, 1.54) is 31.2 Å². The van der Waals surface area contributed by atoms with Crippen LogP contribution in [0.5, 0.6) is 0 Å². The first-order valence-corrected chi connectivity index (χ1v) is 6.34. The molecular weight excluding hydrogens is 232 g/mol. The van der Waals surface area contributed by atoms with Crippen LogP contribution in [-0.2, 0) is 6.42 Å². The fourth-order valence-corrected chi connectivity index (χ4v) is 2.61. The lowest BCUT2D eigenvalue weighted by atomic mass is 10.1. The third-order valence-electron chi connectivity index (χ3n) is 1.93. The number of hydrogen-bond donors (Lipinski definition) is 0. The summed E-state index contributed by atoms with van der Waals surface area (Å²) in [7, 11) is 0. The van der Waals surface area contributed by atoms with E-state index < -0.39 is 0 Å². The van der Waals surface area contributed by atoms with Crippen molar-refractivity contribution in [1.29, 1.82) is 0 Å². The predicted molar refractivity (Wildman–Crippen MR) is 60.3 cm³/mol. The lowest BCUT2D eigenvalue weighted by Crippen LogP contribution is -1.98. The van der Waals surface area contributed by atoms with E-state index in [4.69, 9.17) is 0 Å². The number of rotatable bonds is 5. The quantitative estimate of drug-likeness (QED) is 0.682. The second-order valence-electron chi connectivity index (χ2n) is 3.06. The minimum atomic E-state index is 0.711. The fraction of sp³-hybridized carbons (Fsp3) is 0.600. The Morgan fingerprint density at radius 3 is 2.92 bits per heavy atom. The van der Waals surface area contributed by atoms with Crippen LogP contribution in [0.1, 0.15) is 31.7 Å². The summed E-state index contributed by atoms with van der Waals surface area (Å²) in [5.41, 5.74) is 1.49. The summed E-state index contributed by atoms with van der Waals surface area (Å²) in [5, 5.41) is 4.39. The first-order valence-electron chi connectivity index (χ1n) is 4.48. The SMILES string of the molecule is CCCC(Br)CCc1ccsc1. The lowest BCUT2D eigenvalue weighted by molar-refractivity contribution is 0.694. The summed E-state index contributed by atoms with van der Waals surface area (Å²) < 4.78 is 0. The Morgan fingerprint density at radius 2 is 2.33 bits per heavy atom. The highest BCUT2D eigenvalue weighted by atomic mass is 79.9. The molecule has 68 valence electrons. The average Bonchev–Trinajstić information content (AvgIpc) is 2.53. The van der Waals surface area contributed by atoms with Crippen molar-refractivity contribution < 1.29 is 0 Å². The van der Waals surface area contributed by atoms with Crippen LogP contribution in [0.15, 0.2) is 16.8 Å². The Hall–Kier alpha value is 0.180. The molecular formula is C10H15BrS. The van der Waals surface area contributed by atoms with Crippen LogP contribution >= 0.6 is 27.3 Å². The normalized spacial score (nSPS) is 13.2. The molecule has 1 unspecified atom stereocenters. The summed E-state index contributed by atoms with van der Waals surface area (Å²) in [6.45, 7) is 2.23. The van der Waals surface area contributed by atoms with Gasteiger partial charge in [0.1, 0.15) is 0 Å². The summed E-state index contributed by atoms with van der Waals surface area (Å²) in [5.74, 6) is 0. The maximum absolute atomic E-state index is 3.69. The van der Waals surface area contributed by atoms with Crippen LogP contribution in [0, 0.1) is 0 Å². The lowest BCUT2D eigenvalue weighted by Gasteiger charge is -2.06. The van der Waals surface area contributed by atoms with Crippen molar-refractivity contribution in [2.45, 2.75) is 37.4 Å². The number of thiophene rings is 1. The van der Waals surface area contributed by atoms with Gasteiger partial charge in [0.15, 0.2) is 0 Å². The molecule has 2 heteroatoms. The molecule has 1 rings (SSSR count). The van der Waals surface area contributed by atoms with E-state index in [2.05, 4.69) is 39.7 Å². The molecule has 1 aromatic heterocycles. The van der Waals surface area contributed by atoms with Crippen molar-refractivity contribution in [3.8, 4) is 0 Å². The molecule has 0 aliphatic carbocycles. The summed E-state index contributed by atoms with van der Waals surface area (Å²) in [4.78, 5) is 0.711. The largest absolute Gasteiger partial charge is 0.152 e. The molecule has 0 aromatic carbocycles. The van der Waals surface area contributed by atoms with E-state index >= 15 is 0 Å². The van der Waals surface area contributed by atoms with Crippen molar-refractivity contribution in [3.63, 3.8) is 0 Å². The van der Waals surface area contributed by atoms with Gasteiger partial charge in [0.2, 0.25) is 0 Å². The highest BCUT2D eigenvalue weighted by Gasteiger charge is 2.02. The molecule has 1 atom stereocenters. The molecule has 0 aliphatic heterocycles. The zero-order valence-electron chi connectivity index (χ0n) is 7.42. The number of aryl methyl sites for hydroxylation is 1. The molecule has 0 saturated carbocycles. The first-order chi connectivity index (χ1) is 5.83. The number of halogens is 1. The Balaban J connectivity index is 2.17. The van der Waals surface area contributed by atoms with E-state index in [-0.39, 0.29) is 0 Å². The molecule has 0 N–H and O–H groups in total. The van der Waals surface area contributed by atoms with Crippen molar-refractivity contribution >= 4 is 27.3 Å². The van der Waals surface area contributed by atoms with E-state index in [0.717, 1.165) is 0 Å². The van der Waals surface area contributed by atoms with E-state index in [9.17, 15) is 0 Å². The molecule has 0 fully saturated rings. The van der Waals surface area contributed by atoms with Crippen LogP contribution in [0.25, 0.3) is 0 Å². The van der Waals surface area contributed by atoms with Gasteiger partial charge in [-0.05, 0) is 41.7 Å². The van der Waals surface area contributed by atoms with Gasteiger partial charge < -0.3 is 0 Å². The molecule has 0 spiro atoms. The highest BCUT2D eigenvalue weighted by molar-refractivity contribution is 9.09. The molecule has 0 aliphatic rings. The van der Waals surface area contributed by atoms with Crippen LogP contribution < -0.4 is 0 Å². The molecule has 12 heavy (non-hydrogen) atoms. The average molecular weight is 247 g/mol. The minimum absolute atomic E-state index is 0.711. The van der Waals surface area contributed by atoms with E-state index in [1.54, 1.807) is 11.3 Å². The smallest absolute Gasteiger partial charge is 0.0148 e. The zero-order chi connectivity index (χ0) is 8.81. The molecule has 1 aromatic rings. The van der Waals surface area contributed by atoms with Crippen molar-refractivity contribution in [1.82, 2.24) is 0 Å². The molecule has 0 bridgehead atoms. The maximum atomic E-state index is 3.69. The predicted octanol–water partition coefficient (Wildman–Crippen LogP) is 4.24. The summed E-state index contributed by atoms with van der Waals surface area (Å²) in [6.07, 6.45) is 5.06. The van der Waals surface area contributed by atoms with E-state index in [0.29, 0.717) is 4.83 Å². The molecule has 0 saturated heterocycles. The van der Waals surface area contributed by atoms with E-state index in [1.807, 2.05) is 0 Å². The molecule has 0 nitrogen and oxygen atoms in total. The number of alkyl halides is 1. The van der Waals surface area contributed by atoms with Crippen LogP contribution in [0.3, 0.4) is 0 Å². The Kier molecular flexibility index (Phi) is 4.93. The monoisotopic (exact) mass is 246 g/mol. The minimum Gasteiger partial charge on any atom is -0.152 e. The zero-order valence-corrected chi connectivity index (χ0v) is 9.83. The third kappa shape index (κ3) is 3.72. The molecule has 0 amide bonds. The van der Waals surface area contributed by atoms with Gasteiger partial charge in [0.05, 0.1) is 0 Å². The topological polar surface area (TPSA) is 0 Å². The standard InChI is InChI=1S/C10H15BrS/c1-2-3-10(11)5-4-9-6-7-12-8-9/h6-8,10H,2-5H2,1H3. The van der Waals surface area contributed by atoms with Crippen molar-refractivity contribution in [2.75, 3.05) is 0 Å². The van der Waals surface area contributed by atoms with Crippen LogP contribution in [0.4, 0.5) is 0 Å². The fourth-order valence-electron chi connectivity index (χ4n) is 1.22. The van der Waals surface area contributed by atoms with Crippen molar-refractivity contribution in [2.24, 2.45) is 0 Å². The van der Waals surface area contributed by atoms with Gasteiger partial charge in [0, 0.05) is 4.83 Å². The summed E-state index contributed by atoms with van der Waals surface area (Å²) in [6, 6.07) is 2.22. The third-order valence-corrected chi connectivity index (χ3v) is 3.58. The molecule has 0 radical (unpaired) electrons. The Morgan fingerprint density at radius 1 is 1.50 bits per heavy atom. The maximum Gasteiger partial charge on any atom is 0.0148 e. The van der Waals surface area contributed by atoms with Gasteiger partial charge in [-0.15, -0.1) is 0 Å². The Bertz CT molecular complexity index is 194. The van der Waals surface area contributed by atoms with Gasteiger partial charge in [0.25, 0.3) is 0 Å². The van der Waals surface area contributed by atoms with Gasteiger partial charge in [-0.3, -0.25) is 0 Å². The summed E-state index contributed by atoms with van der Waals surface area (Å²) >= 11 is 5.48. The van der Waals surface area contributed by atoms with Crippen LogP contribution in [-0.4, -0.2) is 4.83 Å². The second kappa shape index (κ2) is 5.76. The highest BCUT2D eigenvalue weighted by Crippen LogP contribution is 2.16. The Labute approximate surface area is 87.1 Å². The first kappa shape index (κ1) is 10.3. The second-order valence-corrected chi connectivity index (χ2v) is 5.13.